The average molecular weight is 313 g/mol. The minimum Gasteiger partial charge on any atom is -0.367 e. The Hall–Kier alpha value is -2.21. The van der Waals surface area contributed by atoms with Crippen molar-refractivity contribution in [2.24, 2.45) is 0 Å². The van der Waals surface area contributed by atoms with Gasteiger partial charge in [-0.2, -0.15) is 0 Å². The average Bonchev–Trinajstić information content (AvgIpc) is 2.57. The number of piperidine rings is 1. The van der Waals surface area contributed by atoms with Crippen molar-refractivity contribution in [3.8, 4) is 11.4 Å². The van der Waals surface area contributed by atoms with Crippen LogP contribution in [0.3, 0.4) is 0 Å². The molecule has 1 aliphatic heterocycles. The first-order chi connectivity index (χ1) is 11.1. The fourth-order valence-corrected chi connectivity index (χ4v) is 2.81. The molecule has 0 saturated carbocycles. The maximum absolute atomic E-state index is 11.7. The number of aromatic nitrogens is 3. The third kappa shape index (κ3) is 3.96. The van der Waals surface area contributed by atoms with Gasteiger partial charge in [-0.25, -0.2) is 9.97 Å². The van der Waals surface area contributed by atoms with Crippen molar-refractivity contribution < 1.29 is 0 Å². The SMILES string of the molecule is CCc1cc(=O)[nH]c(-c2ccc(NC3CCN(C)CC3)nc2)n1. The summed E-state index contributed by atoms with van der Waals surface area (Å²) in [6.45, 7) is 4.22. The van der Waals surface area contributed by atoms with Gasteiger partial charge in [0.15, 0.2) is 0 Å². The number of rotatable bonds is 4. The number of H-pyrrole nitrogens is 1. The zero-order valence-corrected chi connectivity index (χ0v) is 13.7. The van der Waals surface area contributed by atoms with E-state index in [4.69, 9.17) is 0 Å². The predicted molar refractivity (Wildman–Crippen MR) is 91.6 cm³/mol. The maximum atomic E-state index is 11.7. The predicted octanol–water partition coefficient (Wildman–Crippen LogP) is 1.90. The summed E-state index contributed by atoms with van der Waals surface area (Å²) < 4.78 is 0. The molecule has 1 saturated heterocycles. The molecular weight excluding hydrogens is 290 g/mol. The van der Waals surface area contributed by atoms with Crippen LogP contribution in [-0.2, 0) is 6.42 Å². The molecule has 2 aromatic heterocycles. The van der Waals surface area contributed by atoms with E-state index >= 15 is 0 Å². The van der Waals surface area contributed by atoms with Gasteiger partial charge in [-0.05, 0) is 51.5 Å². The topological polar surface area (TPSA) is 73.9 Å². The molecule has 6 nitrogen and oxygen atoms in total. The summed E-state index contributed by atoms with van der Waals surface area (Å²) in [6.07, 6.45) is 4.76. The van der Waals surface area contributed by atoms with Crippen LogP contribution in [0.4, 0.5) is 5.82 Å². The molecule has 0 atom stereocenters. The standard InChI is InChI=1S/C17H23N5O/c1-3-13-10-16(23)21-17(20-13)12-4-5-15(18-11-12)19-14-6-8-22(2)9-7-14/h4-5,10-11,14H,3,6-9H2,1-2H3,(H,18,19)(H,20,21,23). The molecule has 0 spiro atoms. The molecule has 3 rings (SSSR count). The van der Waals surface area contributed by atoms with E-state index in [2.05, 4.69) is 32.2 Å². The second kappa shape index (κ2) is 6.91. The van der Waals surface area contributed by atoms with Crippen LogP contribution in [-0.4, -0.2) is 46.0 Å². The first-order valence-corrected chi connectivity index (χ1v) is 8.16. The molecule has 2 N–H and O–H groups in total. The summed E-state index contributed by atoms with van der Waals surface area (Å²) in [7, 11) is 2.15. The van der Waals surface area contributed by atoms with E-state index in [0.717, 1.165) is 49.4 Å². The van der Waals surface area contributed by atoms with Crippen LogP contribution < -0.4 is 10.9 Å². The number of anilines is 1. The van der Waals surface area contributed by atoms with E-state index in [1.807, 2.05) is 19.1 Å². The molecule has 6 heteroatoms. The lowest BCUT2D eigenvalue weighted by Crippen LogP contribution is -2.36. The Morgan fingerprint density at radius 2 is 2.13 bits per heavy atom. The second-order valence-corrected chi connectivity index (χ2v) is 6.09. The highest BCUT2D eigenvalue weighted by Crippen LogP contribution is 2.18. The molecule has 1 fully saturated rings. The summed E-state index contributed by atoms with van der Waals surface area (Å²) in [5.41, 5.74) is 1.49. The molecule has 122 valence electrons. The Balaban J connectivity index is 1.72. The number of nitrogens with one attached hydrogen (secondary N) is 2. The highest BCUT2D eigenvalue weighted by Gasteiger charge is 2.16. The highest BCUT2D eigenvalue weighted by atomic mass is 16.1. The number of hydrogen-bond acceptors (Lipinski definition) is 5. The molecule has 0 aliphatic carbocycles. The lowest BCUT2D eigenvalue weighted by molar-refractivity contribution is 0.263. The van der Waals surface area contributed by atoms with Crippen LogP contribution in [0.2, 0.25) is 0 Å². The minimum absolute atomic E-state index is 0.125. The van der Waals surface area contributed by atoms with E-state index in [9.17, 15) is 4.79 Å². The van der Waals surface area contributed by atoms with Gasteiger partial charge in [0, 0.05) is 29.6 Å². The quantitative estimate of drug-likeness (QED) is 0.902. The molecule has 0 radical (unpaired) electrons. The Morgan fingerprint density at radius 3 is 2.78 bits per heavy atom. The van der Waals surface area contributed by atoms with Crippen LogP contribution in [0.25, 0.3) is 11.4 Å². The smallest absolute Gasteiger partial charge is 0.251 e. The number of aromatic amines is 1. The Morgan fingerprint density at radius 1 is 1.35 bits per heavy atom. The van der Waals surface area contributed by atoms with E-state index in [-0.39, 0.29) is 5.56 Å². The van der Waals surface area contributed by atoms with E-state index < -0.39 is 0 Å². The lowest BCUT2D eigenvalue weighted by atomic mass is 10.1. The zero-order valence-electron chi connectivity index (χ0n) is 13.7. The second-order valence-electron chi connectivity index (χ2n) is 6.09. The normalized spacial score (nSPS) is 16.4. The van der Waals surface area contributed by atoms with Crippen molar-refractivity contribution in [3.05, 3.63) is 40.4 Å². The minimum atomic E-state index is -0.125. The third-order valence-corrected chi connectivity index (χ3v) is 4.26. The summed E-state index contributed by atoms with van der Waals surface area (Å²) in [4.78, 5) is 25.7. The maximum Gasteiger partial charge on any atom is 0.251 e. The van der Waals surface area contributed by atoms with Crippen LogP contribution >= 0.6 is 0 Å². The van der Waals surface area contributed by atoms with Crippen LogP contribution in [0, 0.1) is 0 Å². The number of aryl methyl sites for hydroxylation is 1. The van der Waals surface area contributed by atoms with E-state index in [1.54, 1.807) is 6.20 Å². The summed E-state index contributed by atoms with van der Waals surface area (Å²) in [5.74, 6) is 1.45. The fourth-order valence-electron chi connectivity index (χ4n) is 2.81. The molecule has 3 heterocycles. The first-order valence-electron chi connectivity index (χ1n) is 8.16. The molecule has 23 heavy (non-hydrogen) atoms. The monoisotopic (exact) mass is 313 g/mol. The summed E-state index contributed by atoms with van der Waals surface area (Å²) in [5, 5.41) is 3.48. The molecule has 0 amide bonds. The largest absolute Gasteiger partial charge is 0.367 e. The van der Waals surface area contributed by atoms with Gasteiger partial charge in [-0.3, -0.25) is 4.79 Å². The van der Waals surface area contributed by atoms with Crippen LogP contribution in [0.1, 0.15) is 25.5 Å². The summed E-state index contributed by atoms with van der Waals surface area (Å²) in [6, 6.07) is 5.91. The van der Waals surface area contributed by atoms with Crippen LogP contribution in [0.15, 0.2) is 29.2 Å². The zero-order chi connectivity index (χ0) is 16.2. The van der Waals surface area contributed by atoms with Crippen molar-refractivity contribution in [1.29, 1.82) is 0 Å². The van der Waals surface area contributed by atoms with Crippen molar-refractivity contribution in [2.75, 3.05) is 25.5 Å². The molecule has 1 aliphatic rings. The summed E-state index contributed by atoms with van der Waals surface area (Å²) >= 11 is 0. The number of hydrogen-bond donors (Lipinski definition) is 2. The van der Waals surface area contributed by atoms with Gasteiger partial charge < -0.3 is 15.2 Å². The third-order valence-electron chi connectivity index (χ3n) is 4.26. The molecule has 0 bridgehead atoms. The molecule has 0 aromatic carbocycles. The molecule has 2 aromatic rings. The van der Waals surface area contributed by atoms with Crippen molar-refractivity contribution in [2.45, 2.75) is 32.2 Å². The fraction of sp³-hybridized carbons (Fsp3) is 0.471. The molecule has 0 unspecified atom stereocenters. The number of likely N-dealkylation sites (tertiary alicyclic amines) is 1. The van der Waals surface area contributed by atoms with Gasteiger partial charge >= 0.3 is 0 Å². The van der Waals surface area contributed by atoms with E-state index in [1.165, 1.54) is 6.07 Å². The highest BCUT2D eigenvalue weighted by molar-refractivity contribution is 5.56. The van der Waals surface area contributed by atoms with Crippen molar-refractivity contribution >= 4 is 5.82 Å². The van der Waals surface area contributed by atoms with Gasteiger partial charge in [0.1, 0.15) is 11.6 Å². The van der Waals surface area contributed by atoms with Gasteiger partial charge in [-0.15, -0.1) is 0 Å². The lowest BCUT2D eigenvalue weighted by Gasteiger charge is -2.29. The first kappa shape index (κ1) is 15.7. The van der Waals surface area contributed by atoms with Crippen molar-refractivity contribution in [3.63, 3.8) is 0 Å². The van der Waals surface area contributed by atoms with E-state index in [0.29, 0.717) is 11.9 Å². The van der Waals surface area contributed by atoms with Crippen LogP contribution in [0.5, 0.6) is 0 Å². The molecular formula is C17H23N5O. The van der Waals surface area contributed by atoms with Crippen molar-refractivity contribution in [1.82, 2.24) is 19.9 Å². The van der Waals surface area contributed by atoms with Gasteiger partial charge in [0.25, 0.3) is 5.56 Å². The van der Waals surface area contributed by atoms with Gasteiger partial charge in [0.05, 0.1) is 0 Å². The van der Waals surface area contributed by atoms with Gasteiger partial charge in [0.2, 0.25) is 0 Å². The Bertz CT molecular complexity index is 702. The Kier molecular flexibility index (Phi) is 4.71. The number of pyridine rings is 1. The van der Waals surface area contributed by atoms with Gasteiger partial charge in [-0.1, -0.05) is 6.92 Å². The number of nitrogens with zero attached hydrogens (tertiary/aromatic N) is 3. The Labute approximate surface area is 136 Å².